The van der Waals surface area contributed by atoms with E-state index >= 15 is 0 Å². The van der Waals surface area contributed by atoms with Crippen LogP contribution >= 0.6 is 22.6 Å². The van der Waals surface area contributed by atoms with Crippen LogP contribution in [-0.2, 0) is 9.47 Å². The fourth-order valence-corrected chi connectivity index (χ4v) is 3.37. The number of hydrogen-bond donors (Lipinski definition) is 1. The Bertz CT molecular complexity index is 1190. The molecular weight excluding hydrogens is 528 g/mol. The van der Waals surface area contributed by atoms with Crippen LogP contribution in [0.5, 0.6) is 0 Å². The van der Waals surface area contributed by atoms with Crippen LogP contribution in [0.1, 0.15) is 51.9 Å². The molecule has 0 amide bonds. The van der Waals surface area contributed by atoms with Gasteiger partial charge >= 0.3 is 12.1 Å². The molecule has 0 radical (unpaired) electrons. The molecule has 0 aliphatic carbocycles. The van der Waals surface area contributed by atoms with Crippen molar-refractivity contribution in [1.29, 1.82) is 0 Å². The predicted octanol–water partition coefficient (Wildman–Crippen LogP) is 6.26. The van der Waals surface area contributed by atoms with Crippen molar-refractivity contribution in [2.45, 2.75) is 52.7 Å². The number of carbonyl (C=O) groups is 2. The van der Waals surface area contributed by atoms with Gasteiger partial charge in [-0.05, 0) is 94.5 Å². The van der Waals surface area contributed by atoms with E-state index in [0.29, 0.717) is 10.9 Å². The maximum absolute atomic E-state index is 14.6. The molecule has 3 aromatic rings. The Morgan fingerprint density at radius 2 is 1.69 bits per heavy atom. The molecule has 7 nitrogen and oxygen atoms in total. The molecule has 0 saturated heterocycles. The summed E-state index contributed by atoms with van der Waals surface area (Å²) in [4.78, 5) is 25.5. The Labute approximate surface area is 199 Å². The maximum atomic E-state index is 14.6. The number of aromatic nitrogens is 2. The van der Waals surface area contributed by atoms with Crippen LogP contribution in [-0.4, -0.2) is 33.0 Å². The zero-order valence-electron chi connectivity index (χ0n) is 18.7. The highest BCUT2D eigenvalue weighted by Crippen LogP contribution is 2.33. The molecule has 0 aliphatic rings. The highest BCUT2D eigenvalue weighted by Gasteiger charge is 2.26. The van der Waals surface area contributed by atoms with Crippen molar-refractivity contribution in [3.8, 4) is 0 Å². The van der Waals surface area contributed by atoms with Gasteiger partial charge < -0.3 is 14.8 Å². The molecular formula is C23H25FIN3O4. The van der Waals surface area contributed by atoms with E-state index in [4.69, 9.17) is 9.47 Å². The van der Waals surface area contributed by atoms with Gasteiger partial charge in [0.2, 0.25) is 0 Å². The predicted molar refractivity (Wildman–Crippen MR) is 129 cm³/mol. The van der Waals surface area contributed by atoms with Crippen LogP contribution in [0.3, 0.4) is 0 Å². The zero-order chi connectivity index (χ0) is 23.8. The summed E-state index contributed by atoms with van der Waals surface area (Å²) in [5.74, 6) is -1.07. The van der Waals surface area contributed by atoms with Gasteiger partial charge in [0.1, 0.15) is 17.0 Å². The minimum atomic E-state index is -0.724. The quantitative estimate of drug-likeness (QED) is 0.305. The lowest BCUT2D eigenvalue weighted by Crippen LogP contribution is -2.27. The van der Waals surface area contributed by atoms with Gasteiger partial charge in [-0.2, -0.15) is 9.78 Å². The Kier molecular flexibility index (Phi) is 6.50. The maximum Gasteiger partial charge on any atom is 0.435 e. The number of halogens is 2. The SMILES string of the molecule is CC(C)(C)OC(=O)c1ccc2c(cnn2C(=O)OC(C)(C)C)c1Nc1ccc(I)cc1F. The van der Waals surface area contributed by atoms with Gasteiger partial charge in [-0.1, -0.05) is 0 Å². The lowest BCUT2D eigenvalue weighted by molar-refractivity contribution is 0.00706. The van der Waals surface area contributed by atoms with Crippen molar-refractivity contribution in [3.63, 3.8) is 0 Å². The summed E-state index contributed by atoms with van der Waals surface area (Å²) in [6.45, 7) is 10.5. The summed E-state index contributed by atoms with van der Waals surface area (Å²) in [5, 5.41) is 7.58. The van der Waals surface area contributed by atoms with Crippen LogP contribution in [0.4, 0.5) is 20.6 Å². The molecule has 1 heterocycles. The molecule has 32 heavy (non-hydrogen) atoms. The average Bonchev–Trinajstić information content (AvgIpc) is 3.05. The van der Waals surface area contributed by atoms with Gasteiger partial charge in [0.25, 0.3) is 0 Å². The fraction of sp³-hybridized carbons (Fsp3) is 0.348. The minimum Gasteiger partial charge on any atom is -0.456 e. The molecule has 170 valence electrons. The molecule has 1 aromatic heterocycles. The molecule has 0 fully saturated rings. The first kappa shape index (κ1) is 24.0. The summed E-state index contributed by atoms with van der Waals surface area (Å²) < 4.78 is 27.4. The summed E-state index contributed by atoms with van der Waals surface area (Å²) >= 11 is 2.01. The summed E-state index contributed by atoms with van der Waals surface area (Å²) in [5.41, 5.74) is -0.386. The first-order valence-corrected chi connectivity index (χ1v) is 11.0. The average molecular weight is 553 g/mol. The molecule has 0 spiro atoms. The van der Waals surface area contributed by atoms with Gasteiger partial charge in [0, 0.05) is 8.96 Å². The molecule has 3 rings (SSSR count). The first-order chi connectivity index (χ1) is 14.7. The number of hydrogen-bond acceptors (Lipinski definition) is 6. The van der Waals surface area contributed by atoms with Crippen LogP contribution in [0.15, 0.2) is 36.5 Å². The van der Waals surface area contributed by atoms with E-state index in [1.807, 2.05) is 22.6 Å². The lowest BCUT2D eigenvalue weighted by atomic mass is 10.1. The summed E-state index contributed by atoms with van der Waals surface area (Å²) in [7, 11) is 0. The number of esters is 1. The van der Waals surface area contributed by atoms with Gasteiger partial charge in [-0.3, -0.25) is 0 Å². The molecule has 0 aliphatic heterocycles. The van der Waals surface area contributed by atoms with E-state index in [0.717, 1.165) is 8.25 Å². The Hall–Kier alpha value is -2.69. The van der Waals surface area contributed by atoms with E-state index in [-0.39, 0.29) is 16.9 Å². The number of benzene rings is 2. The Balaban J connectivity index is 2.15. The van der Waals surface area contributed by atoms with Gasteiger partial charge in [-0.25, -0.2) is 14.0 Å². The molecule has 0 unspecified atom stereocenters. The summed E-state index contributed by atoms with van der Waals surface area (Å²) in [6.07, 6.45) is 0.768. The van der Waals surface area contributed by atoms with E-state index in [2.05, 4.69) is 10.4 Å². The third kappa shape index (κ3) is 5.56. The standard InChI is InChI=1S/C23H25FIN3O4/c1-22(2,3)31-20(29)14-8-10-18-15(12-26-28(18)21(30)32-23(4,5)6)19(14)27-17-9-7-13(25)11-16(17)24/h7-12,27H,1-6H3. The molecule has 1 N–H and O–H groups in total. The van der Waals surface area contributed by atoms with Crippen molar-refractivity contribution in [2.75, 3.05) is 5.32 Å². The number of rotatable bonds is 3. The van der Waals surface area contributed by atoms with Crippen molar-refractivity contribution in [1.82, 2.24) is 9.78 Å². The topological polar surface area (TPSA) is 82.5 Å². The summed E-state index contributed by atoms with van der Waals surface area (Å²) in [6, 6.07) is 7.80. The van der Waals surface area contributed by atoms with Crippen LogP contribution in [0.25, 0.3) is 10.9 Å². The normalized spacial score (nSPS) is 12.0. The highest BCUT2D eigenvalue weighted by molar-refractivity contribution is 14.1. The third-order valence-corrected chi connectivity index (χ3v) is 4.80. The number of nitrogens with one attached hydrogen (secondary N) is 1. The van der Waals surface area contributed by atoms with Crippen molar-refractivity contribution in [2.24, 2.45) is 0 Å². The van der Waals surface area contributed by atoms with Crippen LogP contribution in [0, 0.1) is 9.39 Å². The number of fused-ring (bicyclic) bond motifs is 1. The van der Waals surface area contributed by atoms with E-state index in [9.17, 15) is 14.0 Å². The van der Waals surface area contributed by atoms with Crippen molar-refractivity contribution in [3.05, 3.63) is 51.5 Å². The van der Waals surface area contributed by atoms with E-state index in [1.54, 1.807) is 59.7 Å². The second-order valence-electron chi connectivity index (χ2n) is 9.21. The number of ether oxygens (including phenoxy) is 2. The Morgan fingerprint density at radius 1 is 1.03 bits per heavy atom. The monoisotopic (exact) mass is 553 g/mol. The number of nitrogens with zero attached hydrogens (tertiary/aromatic N) is 2. The minimum absolute atomic E-state index is 0.174. The fourth-order valence-electron chi connectivity index (χ4n) is 2.92. The smallest absolute Gasteiger partial charge is 0.435 e. The van der Waals surface area contributed by atoms with E-state index in [1.165, 1.54) is 18.3 Å². The van der Waals surface area contributed by atoms with Crippen molar-refractivity contribution >= 4 is 56.9 Å². The first-order valence-electron chi connectivity index (χ1n) is 9.95. The molecule has 0 bridgehead atoms. The lowest BCUT2D eigenvalue weighted by Gasteiger charge is -2.21. The Morgan fingerprint density at radius 3 is 2.28 bits per heavy atom. The van der Waals surface area contributed by atoms with Crippen molar-refractivity contribution < 1.29 is 23.5 Å². The van der Waals surface area contributed by atoms with Crippen LogP contribution in [0.2, 0.25) is 0 Å². The second kappa shape index (κ2) is 8.68. The zero-order valence-corrected chi connectivity index (χ0v) is 20.9. The largest absolute Gasteiger partial charge is 0.456 e. The second-order valence-corrected chi connectivity index (χ2v) is 10.5. The van der Waals surface area contributed by atoms with Crippen LogP contribution < -0.4 is 5.32 Å². The third-order valence-electron chi connectivity index (χ3n) is 4.13. The number of anilines is 2. The van der Waals surface area contributed by atoms with Gasteiger partial charge in [0.15, 0.2) is 0 Å². The molecule has 9 heteroatoms. The number of carbonyl (C=O) groups excluding carboxylic acids is 2. The highest BCUT2D eigenvalue weighted by atomic mass is 127. The van der Waals surface area contributed by atoms with Gasteiger partial charge in [0.05, 0.1) is 28.7 Å². The molecule has 0 saturated carbocycles. The molecule has 0 atom stereocenters. The van der Waals surface area contributed by atoms with E-state index < -0.39 is 29.1 Å². The van der Waals surface area contributed by atoms with Gasteiger partial charge in [-0.15, -0.1) is 0 Å². The molecule has 2 aromatic carbocycles.